The Balaban J connectivity index is 2.30. The van der Waals surface area contributed by atoms with Gasteiger partial charge in [-0.05, 0) is 18.2 Å². The van der Waals surface area contributed by atoms with Crippen LogP contribution < -0.4 is 10.2 Å². The molecule has 0 fully saturated rings. The molecule has 19 heavy (non-hydrogen) atoms. The molecule has 2 rings (SSSR count). The van der Waals surface area contributed by atoms with Gasteiger partial charge < -0.3 is 19.7 Å². The smallest absolute Gasteiger partial charge is 0.335 e. The molecule has 0 aliphatic heterocycles. The Morgan fingerprint density at radius 2 is 2.21 bits per heavy atom. The molecule has 1 aromatic carbocycles. The number of carboxylic acid groups (broad SMARTS) is 1. The zero-order chi connectivity index (χ0) is 14.0. The molecule has 1 aromatic heterocycles. The van der Waals surface area contributed by atoms with Crippen LogP contribution in [0.2, 0.25) is 0 Å². The summed E-state index contributed by atoms with van der Waals surface area (Å²) in [5, 5.41) is 11.4. The Bertz CT molecular complexity index is 635. The van der Waals surface area contributed by atoms with Crippen LogP contribution >= 0.6 is 0 Å². The number of hydrogen-bond donors (Lipinski definition) is 2. The van der Waals surface area contributed by atoms with Crippen LogP contribution in [0.25, 0.3) is 11.1 Å². The Kier molecular flexibility index (Phi) is 3.37. The Labute approximate surface area is 108 Å². The monoisotopic (exact) mass is 263 g/mol. The topological polar surface area (TPSA) is 95.7 Å². The number of likely N-dealkylation sites (N-methyl/N-ethyl adjacent to an activating group) is 2. The lowest BCUT2D eigenvalue weighted by molar-refractivity contribution is -0.119. The van der Waals surface area contributed by atoms with Crippen molar-refractivity contribution in [3.63, 3.8) is 0 Å². The summed E-state index contributed by atoms with van der Waals surface area (Å²) in [6.45, 7) is 0.106. The van der Waals surface area contributed by atoms with Crippen molar-refractivity contribution in [3.8, 4) is 0 Å². The van der Waals surface area contributed by atoms with Crippen LogP contribution in [0.4, 0.5) is 6.01 Å². The lowest BCUT2D eigenvalue weighted by atomic mass is 10.2. The first-order chi connectivity index (χ1) is 9.01. The maximum Gasteiger partial charge on any atom is 0.335 e. The average Bonchev–Trinajstić information content (AvgIpc) is 2.81. The summed E-state index contributed by atoms with van der Waals surface area (Å²) in [7, 11) is 3.21. The highest BCUT2D eigenvalue weighted by atomic mass is 16.4. The van der Waals surface area contributed by atoms with Gasteiger partial charge in [-0.15, -0.1) is 0 Å². The zero-order valence-electron chi connectivity index (χ0n) is 10.5. The van der Waals surface area contributed by atoms with E-state index in [1.807, 2.05) is 0 Å². The van der Waals surface area contributed by atoms with Crippen LogP contribution in [0.15, 0.2) is 22.6 Å². The van der Waals surface area contributed by atoms with E-state index < -0.39 is 5.97 Å². The van der Waals surface area contributed by atoms with Gasteiger partial charge in [0, 0.05) is 14.1 Å². The molecule has 0 aliphatic carbocycles. The second kappa shape index (κ2) is 4.97. The molecule has 1 amide bonds. The second-order valence-corrected chi connectivity index (χ2v) is 4.01. The third-order valence-corrected chi connectivity index (χ3v) is 2.61. The number of benzene rings is 1. The minimum atomic E-state index is -1.03. The molecule has 7 nitrogen and oxygen atoms in total. The summed E-state index contributed by atoms with van der Waals surface area (Å²) in [5.74, 6) is -1.20. The predicted octanol–water partition coefficient (Wildman–Crippen LogP) is 0.708. The fourth-order valence-electron chi connectivity index (χ4n) is 1.57. The van der Waals surface area contributed by atoms with Crippen LogP contribution in [-0.4, -0.2) is 42.6 Å². The van der Waals surface area contributed by atoms with Gasteiger partial charge in [0.25, 0.3) is 6.01 Å². The van der Waals surface area contributed by atoms with E-state index in [0.717, 1.165) is 0 Å². The molecule has 2 aromatic rings. The minimum Gasteiger partial charge on any atom is -0.478 e. The van der Waals surface area contributed by atoms with Gasteiger partial charge in [0.1, 0.15) is 12.1 Å². The fraction of sp³-hybridized carbons (Fsp3) is 0.250. The lowest BCUT2D eigenvalue weighted by Crippen LogP contribution is -2.33. The van der Waals surface area contributed by atoms with Gasteiger partial charge in [-0.2, -0.15) is 4.98 Å². The van der Waals surface area contributed by atoms with Gasteiger partial charge in [-0.3, -0.25) is 4.79 Å². The number of rotatable bonds is 4. The first-order valence-electron chi connectivity index (χ1n) is 5.57. The minimum absolute atomic E-state index is 0.106. The molecule has 2 N–H and O–H groups in total. The number of carboxylic acids is 1. The van der Waals surface area contributed by atoms with E-state index >= 15 is 0 Å². The number of amides is 1. The molecule has 0 saturated heterocycles. The molecule has 0 bridgehead atoms. The number of nitrogens with one attached hydrogen (secondary N) is 1. The lowest BCUT2D eigenvalue weighted by Gasteiger charge is -2.12. The van der Waals surface area contributed by atoms with Crippen LogP contribution in [0.3, 0.4) is 0 Å². The quantitative estimate of drug-likeness (QED) is 0.843. The molecule has 7 heteroatoms. The summed E-state index contributed by atoms with van der Waals surface area (Å²) >= 11 is 0. The third kappa shape index (κ3) is 2.65. The first-order valence-corrected chi connectivity index (χ1v) is 5.57. The van der Waals surface area contributed by atoms with E-state index in [1.54, 1.807) is 25.1 Å². The third-order valence-electron chi connectivity index (χ3n) is 2.61. The van der Waals surface area contributed by atoms with Gasteiger partial charge in [0.2, 0.25) is 5.91 Å². The molecule has 0 unspecified atom stereocenters. The summed E-state index contributed by atoms with van der Waals surface area (Å²) in [5.41, 5.74) is 1.05. The Morgan fingerprint density at radius 1 is 1.47 bits per heavy atom. The molecule has 0 saturated carbocycles. The van der Waals surface area contributed by atoms with Crippen LogP contribution in [-0.2, 0) is 4.79 Å². The van der Waals surface area contributed by atoms with Crippen molar-refractivity contribution in [1.82, 2.24) is 10.3 Å². The van der Waals surface area contributed by atoms with Crippen molar-refractivity contribution >= 4 is 29.0 Å². The number of nitrogens with zero attached hydrogens (tertiary/aromatic N) is 2. The summed E-state index contributed by atoms with van der Waals surface area (Å²) < 4.78 is 5.44. The Morgan fingerprint density at radius 3 is 2.84 bits per heavy atom. The van der Waals surface area contributed by atoms with Gasteiger partial charge >= 0.3 is 5.97 Å². The molecule has 0 atom stereocenters. The number of carbonyl (C=O) groups excluding carboxylic acids is 1. The zero-order valence-corrected chi connectivity index (χ0v) is 10.5. The fourth-order valence-corrected chi connectivity index (χ4v) is 1.57. The molecule has 0 aliphatic rings. The van der Waals surface area contributed by atoms with E-state index in [1.165, 1.54) is 12.1 Å². The molecule has 0 radical (unpaired) electrons. The van der Waals surface area contributed by atoms with Gasteiger partial charge in [0.05, 0.1) is 5.56 Å². The van der Waals surface area contributed by atoms with E-state index in [9.17, 15) is 9.59 Å². The van der Waals surface area contributed by atoms with Crippen molar-refractivity contribution in [3.05, 3.63) is 23.8 Å². The average molecular weight is 263 g/mol. The number of hydrogen-bond acceptors (Lipinski definition) is 5. The molecule has 100 valence electrons. The van der Waals surface area contributed by atoms with Crippen molar-refractivity contribution in [2.45, 2.75) is 0 Å². The standard InChI is InChI=1S/C12H13N3O4/c1-13-10(16)6-15(2)12-14-8-4-3-7(11(17)18)5-9(8)19-12/h3-5H,6H2,1-2H3,(H,13,16)(H,17,18). The van der Waals surface area contributed by atoms with E-state index in [2.05, 4.69) is 10.3 Å². The first kappa shape index (κ1) is 12.9. The summed E-state index contributed by atoms with van der Waals surface area (Å²) in [4.78, 5) is 27.8. The highest BCUT2D eigenvalue weighted by Crippen LogP contribution is 2.22. The summed E-state index contributed by atoms with van der Waals surface area (Å²) in [6, 6.07) is 4.69. The van der Waals surface area contributed by atoms with Gasteiger partial charge in [-0.1, -0.05) is 0 Å². The number of anilines is 1. The maximum absolute atomic E-state index is 11.3. The normalized spacial score (nSPS) is 10.4. The predicted molar refractivity (Wildman–Crippen MR) is 68.3 cm³/mol. The number of fused-ring (bicyclic) bond motifs is 1. The van der Waals surface area contributed by atoms with E-state index in [4.69, 9.17) is 9.52 Å². The molecule has 0 spiro atoms. The highest BCUT2D eigenvalue weighted by molar-refractivity contribution is 5.92. The number of carbonyl (C=O) groups is 2. The van der Waals surface area contributed by atoms with E-state index in [0.29, 0.717) is 11.1 Å². The van der Waals surface area contributed by atoms with Gasteiger partial charge in [-0.25, -0.2) is 4.79 Å². The molecule has 1 heterocycles. The SMILES string of the molecule is CNC(=O)CN(C)c1nc2ccc(C(=O)O)cc2o1. The van der Waals surface area contributed by atoms with Gasteiger partial charge in [0.15, 0.2) is 5.58 Å². The van der Waals surface area contributed by atoms with Crippen LogP contribution in [0.1, 0.15) is 10.4 Å². The summed E-state index contributed by atoms with van der Waals surface area (Å²) in [6.07, 6.45) is 0. The van der Waals surface area contributed by atoms with Crippen molar-refractivity contribution in [2.75, 3.05) is 25.5 Å². The number of aromatic nitrogens is 1. The van der Waals surface area contributed by atoms with Crippen molar-refractivity contribution < 1.29 is 19.1 Å². The highest BCUT2D eigenvalue weighted by Gasteiger charge is 2.14. The second-order valence-electron chi connectivity index (χ2n) is 4.01. The van der Waals surface area contributed by atoms with Crippen molar-refractivity contribution in [2.24, 2.45) is 0 Å². The van der Waals surface area contributed by atoms with Crippen LogP contribution in [0.5, 0.6) is 0 Å². The number of aromatic carboxylic acids is 1. The number of oxazole rings is 1. The van der Waals surface area contributed by atoms with Crippen LogP contribution in [0, 0.1) is 0 Å². The van der Waals surface area contributed by atoms with Crippen molar-refractivity contribution in [1.29, 1.82) is 0 Å². The van der Waals surface area contributed by atoms with E-state index in [-0.39, 0.29) is 24.0 Å². The Hall–Kier alpha value is -2.57. The molecular weight excluding hydrogens is 250 g/mol. The maximum atomic E-state index is 11.3. The largest absolute Gasteiger partial charge is 0.478 e. The molecular formula is C12H13N3O4.